The van der Waals surface area contributed by atoms with E-state index in [1.807, 2.05) is 20.8 Å². The monoisotopic (exact) mass is 296 g/mol. The first-order valence-electron chi connectivity index (χ1n) is 6.02. The second-order valence-corrected chi connectivity index (χ2v) is 5.31. The summed E-state index contributed by atoms with van der Waals surface area (Å²) in [6.07, 6.45) is 3.68. The molecule has 0 aliphatic heterocycles. The molecule has 0 unspecified atom stereocenters. The van der Waals surface area contributed by atoms with Crippen LogP contribution in [0.15, 0.2) is 24.5 Å². The standard InChI is InChI=1S/C14H17ClN2O3/c1-14(2,3)17(11-5-4-7-16-10-11)13(19)20-8-6-12(18)9-15/h4-5,7,10,12,18H,9H2,1-3H3/t12-/m1/s1. The van der Waals surface area contributed by atoms with Gasteiger partial charge >= 0.3 is 6.09 Å². The number of anilines is 1. The second-order valence-electron chi connectivity index (χ2n) is 5.00. The maximum atomic E-state index is 12.1. The van der Waals surface area contributed by atoms with E-state index in [9.17, 15) is 4.79 Å². The first-order valence-corrected chi connectivity index (χ1v) is 6.55. The number of ether oxygens (including phenoxy) is 1. The maximum Gasteiger partial charge on any atom is 0.428 e. The van der Waals surface area contributed by atoms with E-state index in [0.717, 1.165) is 0 Å². The summed E-state index contributed by atoms with van der Waals surface area (Å²) < 4.78 is 4.84. The van der Waals surface area contributed by atoms with Gasteiger partial charge in [0.2, 0.25) is 0 Å². The van der Waals surface area contributed by atoms with Crippen molar-refractivity contribution in [3.05, 3.63) is 24.5 Å². The van der Waals surface area contributed by atoms with E-state index in [2.05, 4.69) is 17.0 Å². The van der Waals surface area contributed by atoms with Crippen LogP contribution < -0.4 is 4.90 Å². The molecule has 1 aromatic heterocycles. The fraction of sp³-hybridized carbons (Fsp3) is 0.429. The Morgan fingerprint density at radius 1 is 1.60 bits per heavy atom. The van der Waals surface area contributed by atoms with Gasteiger partial charge < -0.3 is 9.84 Å². The van der Waals surface area contributed by atoms with Crippen LogP contribution in [0, 0.1) is 12.0 Å². The van der Waals surface area contributed by atoms with Gasteiger partial charge in [-0.3, -0.25) is 9.88 Å². The van der Waals surface area contributed by atoms with E-state index in [4.69, 9.17) is 21.4 Å². The third-order valence-electron chi connectivity index (χ3n) is 2.27. The molecule has 0 bridgehead atoms. The molecule has 1 atom stereocenters. The molecule has 0 aliphatic rings. The zero-order valence-corrected chi connectivity index (χ0v) is 12.4. The molecule has 0 saturated heterocycles. The van der Waals surface area contributed by atoms with Crippen molar-refractivity contribution in [2.24, 2.45) is 0 Å². The first-order chi connectivity index (χ1) is 9.36. The van der Waals surface area contributed by atoms with Crippen LogP contribution in [0.25, 0.3) is 0 Å². The highest BCUT2D eigenvalue weighted by Crippen LogP contribution is 2.23. The number of pyridine rings is 1. The van der Waals surface area contributed by atoms with Crippen molar-refractivity contribution in [1.82, 2.24) is 4.98 Å². The van der Waals surface area contributed by atoms with Gasteiger partial charge in [0.15, 0.2) is 0 Å². The molecule has 6 heteroatoms. The van der Waals surface area contributed by atoms with Gasteiger partial charge in [-0.25, -0.2) is 4.79 Å². The third kappa shape index (κ3) is 4.72. The number of nitrogens with zero attached hydrogens (tertiary/aromatic N) is 2. The van der Waals surface area contributed by atoms with E-state index in [1.54, 1.807) is 24.5 Å². The molecule has 20 heavy (non-hydrogen) atoms. The molecular formula is C14H17ClN2O3. The second kappa shape index (κ2) is 7.13. The number of alkyl halides is 1. The fourth-order valence-corrected chi connectivity index (χ4v) is 1.56. The van der Waals surface area contributed by atoms with Gasteiger partial charge in [-0.15, -0.1) is 11.6 Å². The summed E-state index contributed by atoms with van der Waals surface area (Å²) >= 11 is 5.39. The molecule has 0 radical (unpaired) electrons. The molecular weight excluding hydrogens is 280 g/mol. The van der Waals surface area contributed by atoms with E-state index >= 15 is 0 Å². The number of carbonyl (C=O) groups excluding carboxylic acids is 1. The average molecular weight is 297 g/mol. The Morgan fingerprint density at radius 3 is 2.80 bits per heavy atom. The highest BCUT2D eigenvalue weighted by molar-refractivity contribution is 6.18. The molecule has 1 aromatic rings. The summed E-state index contributed by atoms with van der Waals surface area (Å²) in [5.74, 6) is 2.26. The van der Waals surface area contributed by atoms with E-state index in [0.29, 0.717) is 5.69 Å². The normalized spacial score (nSPS) is 12.1. The highest BCUT2D eigenvalue weighted by atomic mass is 35.5. The quantitative estimate of drug-likeness (QED) is 0.672. The number of aliphatic hydroxyl groups is 1. The fourth-order valence-electron chi connectivity index (χ4n) is 1.48. The summed E-state index contributed by atoms with van der Waals surface area (Å²) in [6.45, 7) is 5.59. The smallest absolute Gasteiger partial charge is 0.379 e. The van der Waals surface area contributed by atoms with Crippen molar-refractivity contribution in [2.45, 2.75) is 32.4 Å². The topological polar surface area (TPSA) is 62.7 Å². The van der Waals surface area contributed by atoms with E-state index < -0.39 is 17.7 Å². The van der Waals surface area contributed by atoms with Crippen LogP contribution in [-0.2, 0) is 4.74 Å². The lowest BCUT2D eigenvalue weighted by atomic mass is 10.1. The predicted molar refractivity (Wildman–Crippen MR) is 77.5 cm³/mol. The summed E-state index contributed by atoms with van der Waals surface area (Å²) in [5.41, 5.74) is 0.0945. The van der Waals surface area contributed by atoms with Gasteiger partial charge in [0.25, 0.3) is 0 Å². The number of hydrogen-bond acceptors (Lipinski definition) is 4. The number of halogens is 1. The number of hydrogen-bond donors (Lipinski definition) is 1. The summed E-state index contributed by atoms with van der Waals surface area (Å²) in [6, 6.07) is 3.48. The minimum Gasteiger partial charge on any atom is -0.379 e. The van der Waals surface area contributed by atoms with Crippen molar-refractivity contribution in [3.8, 4) is 12.0 Å². The van der Waals surface area contributed by atoms with Crippen LogP contribution in [0.1, 0.15) is 20.8 Å². The van der Waals surface area contributed by atoms with Gasteiger partial charge in [-0.1, -0.05) is 0 Å². The first kappa shape index (κ1) is 16.3. The molecule has 0 saturated carbocycles. The highest BCUT2D eigenvalue weighted by Gasteiger charge is 2.29. The lowest BCUT2D eigenvalue weighted by Crippen LogP contribution is -2.45. The van der Waals surface area contributed by atoms with Gasteiger partial charge in [-0.05, 0) is 38.8 Å². The summed E-state index contributed by atoms with van der Waals surface area (Å²) in [5, 5.41) is 9.17. The van der Waals surface area contributed by atoms with Gasteiger partial charge in [0, 0.05) is 11.7 Å². The molecule has 1 heterocycles. The van der Waals surface area contributed by atoms with Crippen LogP contribution >= 0.6 is 11.6 Å². The van der Waals surface area contributed by atoms with Crippen LogP contribution in [0.5, 0.6) is 0 Å². The number of aromatic nitrogens is 1. The minimum atomic E-state index is -1.02. The largest absolute Gasteiger partial charge is 0.428 e. The van der Waals surface area contributed by atoms with Crippen LogP contribution in [-0.4, -0.2) is 33.7 Å². The lowest BCUT2D eigenvalue weighted by molar-refractivity contribution is 0.192. The minimum absolute atomic E-state index is 0.0455. The molecule has 5 nitrogen and oxygen atoms in total. The third-order valence-corrected chi connectivity index (χ3v) is 2.56. The average Bonchev–Trinajstić information content (AvgIpc) is 2.38. The Hall–Kier alpha value is -1.77. The number of aliphatic hydroxyl groups excluding tert-OH is 1. The van der Waals surface area contributed by atoms with Crippen molar-refractivity contribution >= 4 is 23.4 Å². The molecule has 1 N–H and O–H groups in total. The summed E-state index contributed by atoms with van der Waals surface area (Å²) in [7, 11) is 0. The number of carbonyl (C=O) groups is 1. The molecule has 1 rings (SSSR count). The van der Waals surface area contributed by atoms with Crippen molar-refractivity contribution in [3.63, 3.8) is 0 Å². The molecule has 0 fully saturated rings. The Morgan fingerprint density at radius 2 is 2.30 bits per heavy atom. The van der Waals surface area contributed by atoms with E-state index in [1.165, 1.54) is 4.90 Å². The Balaban J connectivity index is 2.90. The lowest BCUT2D eigenvalue weighted by Gasteiger charge is -2.33. The van der Waals surface area contributed by atoms with Crippen LogP contribution in [0.3, 0.4) is 0 Å². The zero-order valence-electron chi connectivity index (χ0n) is 11.6. The molecule has 108 valence electrons. The van der Waals surface area contributed by atoms with Crippen LogP contribution in [0.4, 0.5) is 10.5 Å². The van der Waals surface area contributed by atoms with Gasteiger partial charge in [-0.2, -0.15) is 0 Å². The summed E-state index contributed by atoms with van der Waals surface area (Å²) in [4.78, 5) is 17.5. The Kier molecular flexibility index (Phi) is 5.81. The number of rotatable bonds is 2. The SMILES string of the molecule is CC(C)(C)N(C(=O)OC#C[C@@H](O)CCl)c1cccnc1. The van der Waals surface area contributed by atoms with Crippen LogP contribution in [0.2, 0.25) is 0 Å². The van der Waals surface area contributed by atoms with Crippen molar-refractivity contribution in [2.75, 3.05) is 10.8 Å². The Bertz CT molecular complexity index is 503. The van der Waals surface area contributed by atoms with E-state index in [-0.39, 0.29) is 5.88 Å². The number of amides is 1. The maximum absolute atomic E-state index is 12.1. The van der Waals surface area contributed by atoms with Gasteiger partial charge in [0.05, 0.1) is 17.8 Å². The van der Waals surface area contributed by atoms with Crippen molar-refractivity contribution < 1.29 is 14.6 Å². The van der Waals surface area contributed by atoms with Gasteiger partial charge in [0.1, 0.15) is 12.2 Å². The molecule has 0 aliphatic carbocycles. The van der Waals surface area contributed by atoms with Crippen molar-refractivity contribution in [1.29, 1.82) is 0 Å². The Labute approximate surface area is 123 Å². The molecule has 0 aromatic carbocycles. The predicted octanol–water partition coefficient (Wildman–Crippen LogP) is 2.38. The molecule has 1 amide bonds. The molecule has 0 spiro atoms. The zero-order chi connectivity index (χ0) is 15.2.